The van der Waals surface area contributed by atoms with Gasteiger partial charge in [-0.3, -0.25) is 0 Å². The molecule has 0 saturated carbocycles. The van der Waals surface area contributed by atoms with E-state index in [1.807, 2.05) is 0 Å². The Morgan fingerprint density at radius 2 is 1.52 bits per heavy atom. The lowest BCUT2D eigenvalue weighted by Gasteiger charge is -2.51. The van der Waals surface area contributed by atoms with E-state index in [2.05, 4.69) is 84.9 Å². The topological polar surface area (TPSA) is 18.5 Å². The molecule has 1 aromatic rings. The van der Waals surface area contributed by atoms with Crippen LogP contribution in [0.2, 0.25) is 10.1 Å². The van der Waals surface area contributed by atoms with Crippen molar-refractivity contribution < 1.29 is 8.85 Å². The van der Waals surface area contributed by atoms with Crippen molar-refractivity contribution in [3.05, 3.63) is 47.5 Å². The minimum atomic E-state index is -2.50. The molecule has 0 spiro atoms. The molecule has 1 aromatic carbocycles. The quantitative estimate of drug-likeness (QED) is 0.453. The van der Waals surface area contributed by atoms with Crippen molar-refractivity contribution in [3.8, 4) is 0 Å². The lowest BCUT2D eigenvalue weighted by atomic mass is 10.1. The molecule has 0 fully saturated rings. The van der Waals surface area contributed by atoms with Gasteiger partial charge in [-0.15, -0.1) is 0 Å². The predicted octanol–water partition coefficient (Wildman–Crippen LogP) is 6.15. The standard InChI is InChI=1S/C20H32O2Si/c1-16-13-14-18(17-11-9-8-10-12-17)22-23(21-15-16,19(2,3)4)20(5,6)7/h8-13,18H,14-15H2,1-7H3/b16-13+/t18-/m0/s1. The molecule has 0 aliphatic carbocycles. The van der Waals surface area contributed by atoms with Crippen LogP contribution in [0.4, 0.5) is 0 Å². The lowest BCUT2D eigenvalue weighted by Crippen LogP contribution is -2.58. The van der Waals surface area contributed by atoms with E-state index in [0.717, 1.165) is 6.42 Å². The Balaban J connectivity index is 2.52. The molecule has 2 nitrogen and oxygen atoms in total. The van der Waals surface area contributed by atoms with Crippen LogP contribution in [0.15, 0.2) is 42.0 Å². The molecular weight excluding hydrogens is 300 g/mol. The minimum Gasteiger partial charge on any atom is -0.389 e. The van der Waals surface area contributed by atoms with Gasteiger partial charge in [-0.2, -0.15) is 0 Å². The Hall–Kier alpha value is -0.903. The summed E-state index contributed by atoms with van der Waals surface area (Å²) in [5.74, 6) is 0. The highest BCUT2D eigenvalue weighted by Crippen LogP contribution is 2.54. The smallest absolute Gasteiger partial charge is 0.350 e. The van der Waals surface area contributed by atoms with Gasteiger partial charge in [-0.25, -0.2) is 0 Å². The Morgan fingerprint density at radius 1 is 0.957 bits per heavy atom. The van der Waals surface area contributed by atoms with E-state index < -0.39 is 8.56 Å². The Kier molecular flexibility index (Phi) is 5.24. The SMILES string of the molecule is C/C1=C\C[C@@H](c2ccccc2)O[Si](C(C)(C)C)(C(C)(C)C)OC1. The Bertz CT molecular complexity index is 535. The molecule has 1 aliphatic rings. The van der Waals surface area contributed by atoms with E-state index in [1.54, 1.807) is 0 Å². The van der Waals surface area contributed by atoms with Gasteiger partial charge in [0.2, 0.25) is 0 Å². The molecule has 0 amide bonds. The van der Waals surface area contributed by atoms with Crippen molar-refractivity contribution in [2.75, 3.05) is 6.61 Å². The van der Waals surface area contributed by atoms with Crippen molar-refractivity contribution in [1.29, 1.82) is 0 Å². The fourth-order valence-corrected chi connectivity index (χ4v) is 8.60. The van der Waals surface area contributed by atoms with E-state index in [-0.39, 0.29) is 16.2 Å². The van der Waals surface area contributed by atoms with Crippen LogP contribution < -0.4 is 0 Å². The summed E-state index contributed by atoms with van der Waals surface area (Å²) in [7, 11) is -2.50. The van der Waals surface area contributed by atoms with Crippen LogP contribution in [0.1, 0.15) is 66.6 Å². The molecule has 2 rings (SSSR count). The van der Waals surface area contributed by atoms with Gasteiger partial charge >= 0.3 is 8.56 Å². The Morgan fingerprint density at radius 3 is 2.04 bits per heavy atom. The molecule has 0 bridgehead atoms. The first-order valence-corrected chi connectivity index (χ1v) is 10.4. The zero-order valence-electron chi connectivity index (χ0n) is 15.8. The molecule has 3 heteroatoms. The van der Waals surface area contributed by atoms with Crippen LogP contribution in [0, 0.1) is 0 Å². The summed E-state index contributed by atoms with van der Waals surface area (Å²) in [6.07, 6.45) is 3.25. The lowest BCUT2D eigenvalue weighted by molar-refractivity contribution is 0.0807. The van der Waals surface area contributed by atoms with Crippen LogP contribution in [-0.4, -0.2) is 15.2 Å². The van der Waals surface area contributed by atoms with Gasteiger partial charge in [-0.05, 0) is 18.9 Å². The minimum absolute atomic E-state index is 0.00407. The maximum atomic E-state index is 6.91. The normalized spacial score (nSPS) is 25.2. The molecule has 23 heavy (non-hydrogen) atoms. The maximum absolute atomic E-state index is 6.91. The van der Waals surface area contributed by atoms with E-state index >= 15 is 0 Å². The fourth-order valence-electron chi connectivity index (χ4n) is 3.65. The number of hydrogen-bond donors (Lipinski definition) is 0. The second kappa shape index (κ2) is 6.54. The fraction of sp³-hybridized carbons (Fsp3) is 0.600. The van der Waals surface area contributed by atoms with Gasteiger partial charge in [-0.1, -0.05) is 83.5 Å². The summed E-state index contributed by atoms with van der Waals surface area (Å²) in [6, 6.07) is 10.6. The molecule has 0 saturated heterocycles. The zero-order valence-corrected chi connectivity index (χ0v) is 16.8. The van der Waals surface area contributed by atoms with Gasteiger partial charge in [0.25, 0.3) is 0 Å². The third-order valence-electron chi connectivity index (χ3n) is 4.64. The number of rotatable bonds is 1. The summed E-state index contributed by atoms with van der Waals surface area (Å²) in [5, 5.41) is -0.00813. The number of hydrogen-bond acceptors (Lipinski definition) is 2. The highest BCUT2D eigenvalue weighted by Gasteiger charge is 2.59. The highest BCUT2D eigenvalue weighted by atomic mass is 28.4. The molecular formula is C20H32O2Si. The van der Waals surface area contributed by atoms with Crippen LogP contribution in [0.3, 0.4) is 0 Å². The summed E-state index contributed by atoms with van der Waals surface area (Å²) in [4.78, 5) is 0. The van der Waals surface area contributed by atoms with Gasteiger partial charge in [0, 0.05) is 10.1 Å². The second-order valence-electron chi connectivity index (χ2n) is 8.71. The first kappa shape index (κ1) is 18.4. The molecule has 0 aromatic heterocycles. The van der Waals surface area contributed by atoms with Crippen molar-refractivity contribution >= 4 is 8.56 Å². The van der Waals surface area contributed by atoms with E-state index in [9.17, 15) is 0 Å². The molecule has 0 radical (unpaired) electrons. The first-order chi connectivity index (χ1) is 10.6. The number of benzene rings is 1. The summed E-state index contributed by atoms with van der Waals surface area (Å²) < 4.78 is 13.5. The van der Waals surface area contributed by atoms with Gasteiger partial charge < -0.3 is 8.85 Å². The maximum Gasteiger partial charge on any atom is 0.350 e. The van der Waals surface area contributed by atoms with E-state index in [1.165, 1.54) is 11.1 Å². The third kappa shape index (κ3) is 3.78. The van der Waals surface area contributed by atoms with Crippen molar-refractivity contribution in [2.24, 2.45) is 0 Å². The van der Waals surface area contributed by atoms with Gasteiger partial charge in [0.15, 0.2) is 0 Å². The van der Waals surface area contributed by atoms with Gasteiger partial charge in [0.1, 0.15) is 0 Å². The highest BCUT2D eigenvalue weighted by molar-refractivity contribution is 6.73. The van der Waals surface area contributed by atoms with E-state index in [0.29, 0.717) is 6.61 Å². The third-order valence-corrected chi connectivity index (χ3v) is 9.75. The van der Waals surface area contributed by atoms with Crippen LogP contribution in [0.5, 0.6) is 0 Å². The largest absolute Gasteiger partial charge is 0.389 e. The van der Waals surface area contributed by atoms with Crippen LogP contribution in [-0.2, 0) is 8.85 Å². The average molecular weight is 333 g/mol. The first-order valence-electron chi connectivity index (χ1n) is 8.59. The summed E-state index contributed by atoms with van der Waals surface area (Å²) in [5.41, 5.74) is 2.55. The molecule has 0 unspecified atom stereocenters. The van der Waals surface area contributed by atoms with Crippen molar-refractivity contribution in [1.82, 2.24) is 0 Å². The monoisotopic (exact) mass is 332 g/mol. The molecule has 1 aliphatic heterocycles. The molecule has 128 valence electrons. The van der Waals surface area contributed by atoms with Crippen molar-refractivity contribution in [3.63, 3.8) is 0 Å². The van der Waals surface area contributed by atoms with Gasteiger partial charge in [0.05, 0.1) is 12.7 Å². The average Bonchev–Trinajstić information content (AvgIpc) is 2.42. The van der Waals surface area contributed by atoms with Crippen LogP contribution in [0.25, 0.3) is 0 Å². The van der Waals surface area contributed by atoms with Crippen molar-refractivity contribution in [2.45, 2.75) is 71.1 Å². The van der Waals surface area contributed by atoms with Crippen LogP contribution >= 0.6 is 0 Å². The molecule has 0 N–H and O–H groups in total. The Labute approximate surface area is 143 Å². The summed E-state index contributed by atoms with van der Waals surface area (Å²) in [6.45, 7) is 16.5. The predicted molar refractivity (Wildman–Crippen MR) is 99.8 cm³/mol. The second-order valence-corrected chi connectivity index (χ2v) is 13.5. The zero-order chi connectivity index (χ0) is 17.3. The molecule has 1 heterocycles. The molecule has 1 atom stereocenters. The van der Waals surface area contributed by atoms with E-state index in [4.69, 9.17) is 8.85 Å². The summed E-state index contributed by atoms with van der Waals surface area (Å²) >= 11 is 0.